The van der Waals surface area contributed by atoms with Gasteiger partial charge in [0.05, 0.1) is 18.6 Å². The molecule has 108 valence electrons. The molecule has 1 spiro atoms. The first kappa shape index (κ1) is 12.5. The molecule has 1 aromatic carbocycles. The molecule has 2 bridgehead atoms. The molecule has 0 radical (unpaired) electrons. The molecule has 2 fully saturated rings. The molecule has 0 saturated carbocycles. The van der Waals surface area contributed by atoms with Gasteiger partial charge in [-0.15, -0.1) is 0 Å². The van der Waals surface area contributed by atoms with Gasteiger partial charge in [-0.25, -0.2) is 4.39 Å². The van der Waals surface area contributed by atoms with Crippen molar-refractivity contribution in [3.63, 3.8) is 0 Å². The minimum Gasteiger partial charge on any atom is -0.550 e. The average Bonchev–Trinajstić information content (AvgIpc) is 3.08. The Morgan fingerprint density at radius 3 is 2.76 bits per heavy atom. The molecule has 1 aromatic rings. The lowest BCUT2D eigenvalue weighted by molar-refractivity contribution is -0.313. The second kappa shape index (κ2) is 3.92. The number of fused-ring (bicyclic) bond motifs is 1. The van der Waals surface area contributed by atoms with E-state index in [1.807, 2.05) is 0 Å². The van der Waals surface area contributed by atoms with Crippen molar-refractivity contribution in [2.45, 2.75) is 11.7 Å². The van der Waals surface area contributed by atoms with E-state index >= 15 is 0 Å². The number of halogens is 1. The second-order valence-electron chi connectivity index (χ2n) is 5.62. The highest BCUT2D eigenvalue weighted by molar-refractivity contribution is 6.02. The highest BCUT2D eigenvalue weighted by atomic mass is 19.1. The number of rotatable bonds is 2. The van der Waals surface area contributed by atoms with Crippen LogP contribution >= 0.6 is 0 Å². The van der Waals surface area contributed by atoms with Crippen LogP contribution in [0, 0.1) is 17.7 Å². The van der Waals surface area contributed by atoms with E-state index < -0.39 is 35.3 Å². The molecule has 21 heavy (non-hydrogen) atoms. The summed E-state index contributed by atoms with van der Waals surface area (Å²) in [7, 11) is 0. The van der Waals surface area contributed by atoms with Crippen molar-refractivity contribution in [2.24, 2.45) is 11.8 Å². The summed E-state index contributed by atoms with van der Waals surface area (Å²) in [6.07, 6.45) is 2.85. The van der Waals surface area contributed by atoms with Gasteiger partial charge < -0.3 is 19.5 Å². The van der Waals surface area contributed by atoms with Crippen LogP contribution in [0.1, 0.15) is 0 Å². The van der Waals surface area contributed by atoms with Crippen molar-refractivity contribution in [2.75, 3.05) is 11.4 Å². The molecule has 1 amide bonds. The molecule has 5 nitrogen and oxygen atoms in total. The number of hydrogen-bond donors (Lipinski definition) is 0. The SMILES string of the molecule is O=C([O-])[C@H]1[C@@H]2C=C[C@@]3(CN(c4ccc(F)cc4)C(=O)[C@@H]13)O2. The van der Waals surface area contributed by atoms with Gasteiger partial charge in [0.15, 0.2) is 0 Å². The minimum atomic E-state index is -1.27. The Bertz CT molecular complexity index is 671. The van der Waals surface area contributed by atoms with Gasteiger partial charge in [0, 0.05) is 17.6 Å². The zero-order chi connectivity index (χ0) is 14.8. The fraction of sp³-hybridized carbons (Fsp3) is 0.333. The van der Waals surface area contributed by atoms with E-state index in [0.29, 0.717) is 5.69 Å². The zero-order valence-electron chi connectivity index (χ0n) is 10.9. The smallest absolute Gasteiger partial charge is 0.234 e. The van der Waals surface area contributed by atoms with Crippen LogP contribution in [0.3, 0.4) is 0 Å². The molecule has 0 aliphatic carbocycles. The van der Waals surface area contributed by atoms with Gasteiger partial charge in [-0.05, 0) is 24.3 Å². The fourth-order valence-corrected chi connectivity index (χ4v) is 3.61. The summed E-state index contributed by atoms with van der Waals surface area (Å²) in [5, 5.41) is 11.3. The Balaban J connectivity index is 1.73. The summed E-state index contributed by atoms with van der Waals surface area (Å²) in [5.74, 6) is -3.72. The summed E-state index contributed by atoms with van der Waals surface area (Å²) in [6.45, 7) is 0.235. The third-order valence-corrected chi connectivity index (χ3v) is 4.51. The third kappa shape index (κ3) is 1.53. The fourth-order valence-electron chi connectivity index (χ4n) is 3.61. The minimum absolute atomic E-state index is 0.235. The van der Waals surface area contributed by atoms with Crippen LogP contribution in [0.5, 0.6) is 0 Å². The molecule has 6 heteroatoms. The van der Waals surface area contributed by atoms with Crippen molar-refractivity contribution < 1.29 is 23.8 Å². The molecule has 0 aromatic heterocycles. The largest absolute Gasteiger partial charge is 0.550 e. The number of carbonyl (C=O) groups excluding carboxylic acids is 2. The number of carboxylic acid groups (broad SMARTS) is 1. The molecule has 2 saturated heterocycles. The molecule has 3 aliphatic rings. The van der Waals surface area contributed by atoms with Crippen molar-refractivity contribution in [1.29, 1.82) is 0 Å². The molecule has 3 aliphatic heterocycles. The first-order valence-electron chi connectivity index (χ1n) is 6.67. The van der Waals surface area contributed by atoms with Gasteiger partial charge in [-0.1, -0.05) is 12.2 Å². The van der Waals surface area contributed by atoms with Crippen LogP contribution in [0.15, 0.2) is 36.4 Å². The van der Waals surface area contributed by atoms with E-state index in [0.717, 1.165) is 0 Å². The second-order valence-corrected chi connectivity index (χ2v) is 5.62. The summed E-state index contributed by atoms with van der Waals surface area (Å²) >= 11 is 0. The standard InChI is InChI=1S/C15H12FNO4/c16-8-1-3-9(4-2-8)17-7-15-6-5-10(21-15)11(14(19)20)12(15)13(17)18/h1-6,10-12H,7H2,(H,19,20)/p-1/t10-,11-,12+,15-/m0/s1. The number of hydrogen-bond acceptors (Lipinski definition) is 4. The van der Waals surface area contributed by atoms with Gasteiger partial charge in [0.25, 0.3) is 0 Å². The average molecular weight is 288 g/mol. The van der Waals surface area contributed by atoms with Crippen molar-refractivity contribution >= 4 is 17.6 Å². The number of carbonyl (C=O) groups is 2. The van der Waals surface area contributed by atoms with Gasteiger partial charge in [0.2, 0.25) is 5.91 Å². The number of anilines is 1. The normalized spacial score (nSPS) is 36.3. The van der Waals surface area contributed by atoms with E-state index in [1.54, 1.807) is 12.2 Å². The monoisotopic (exact) mass is 288 g/mol. The summed E-state index contributed by atoms with van der Waals surface area (Å²) in [5.41, 5.74) is -0.372. The molecule has 4 rings (SSSR count). The van der Waals surface area contributed by atoms with Crippen LogP contribution in [0.25, 0.3) is 0 Å². The molecule has 4 atom stereocenters. The van der Waals surface area contributed by atoms with Crippen molar-refractivity contribution in [3.05, 3.63) is 42.2 Å². The maximum absolute atomic E-state index is 13.0. The van der Waals surface area contributed by atoms with Crippen molar-refractivity contribution in [1.82, 2.24) is 0 Å². The third-order valence-electron chi connectivity index (χ3n) is 4.51. The highest BCUT2D eigenvalue weighted by Gasteiger charge is 2.65. The lowest BCUT2D eigenvalue weighted by atomic mass is 9.77. The Labute approximate surface area is 119 Å². The van der Waals surface area contributed by atoms with Gasteiger partial charge in [-0.2, -0.15) is 0 Å². The molecule has 0 unspecified atom stereocenters. The van der Waals surface area contributed by atoms with Crippen LogP contribution in [0.4, 0.5) is 10.1 Å². The van der Waals surface area contributed by atoms with Crippen LogP contribution in [-0.2, 0) is 14.3 Å². The van der Waals surface area contributed by atoms with Crippen LogP contribution < -0.4 is 10.0 Å². The number of amides is 1. The first-order valence-corrected chi connectivity index (χ1v) is 6.67. The first-order chi connectivity index (χ1) is 10.0. The maximum Gasteiger partial charge on any atom is 0.234 e. The van der Waals surface area contributed by atoms with E-state index in [-0.39, 0.29) is 12.5 Å². The molecule has 3 heterocycles. The lowest BCUT2D eigenvalue weighted by Gasteiger charge is -2.24. The summed E-state index contributed by atoms with van der Waals surface area (Å²) < 4.78 is 18.7. The number of ether oxygens (including phenoxy) is 1. The number of carboxylic acids is 1. The van der Waals surface area contributed by atoms with Gasteiger partial charge >= 0.3 is 0 Å². The maximum atomic E-state index is 13.0. The highest BCUT2D eigenvalue weighted by Crippen LogP contribution is 2.52. The summed E-state index contributed by atoms with van der Waals surface area (Å²) in [6, 6.07) is 5.52. The molecular weight excluding hydrogens is 277 g/mol. The molecular formula is C15H11FNO4-. The van der Waals surface area contributed by atoms with Crippen LogP contribution in [0.2, 0.25) is 0 Å². The Hall–Kier alpha value is -2.21. The lowest BCUT2D eigenvalue weighted by Crippen LogP contribution is -2.45. The quantitative estimate of drug-likeness (QED) is 0.710. The predicted molar refractivity (Wildman–Crippen MR) is 67.5 cm³/mol. The van der Waals surface area contributed by atoms with Crippen LogP contribution in [-0.4, -0.2) is 30.1 Å². The Morgan fingerprint density at radius 2 is 2.10 bits per heavy atom. The summed E-state index contributed by atoms with van der Waals surface area (Å²) in [4.78, 5) is 25.4. The number of nitrogens with zero attached hydrogens (tertiary/aromatic N) is 1. The molecule has 0 N–H and O–H groups in total. The van der Waals surface area contributed by atoms with E-state index in [4.69, 9.17) is 4.74 Å². The van der Waals surface area contributed by atoms with E-state index in [2.05, 4.69) is 0 Å². The van der Waals surface area contributed by atoms with Gasteiger partial charge in [-0.3, -0.25) is 4.79 Å². The van der Waals surface area contributed by atoms with E-state index in [1.165, 1.54) is 29.2 Å². The van der Waals surface area contributed by atoms with Gasteiger partial charge in [0.1, 0.15) is 11.4 Å². The number of benzene rings is 1. The predicted octanol–water partition coefficient (Wildman–Crippen LogP) is -0.138. The zero-order valence-corrected chi connectivity index (χ0v) is 10.9. The topological polar surface area (TPSA) is 69.7 Å². The Morgan fingerprint density at radius 1 is 1.38 bits per heavy atom. The Kier molecular flexibility index (Phi) is 2.34. The van der Waals surface area contributed by atoms with E-state index in [9.17, 15) is 19.1 Å². The number of aliphatic carboxylic acids is 1. The van der Waals surface area contributed by atoms with Crippen molar-refractivity contribution in [3.8, 4) is 0 Å².